The van der Waals surface area contributed by atoms with Crippen molar-refractivity contribution in [3.05, 3.63) is 46.6 Å². The highest BCUT2D eigenvalue weighted by Gasteiger charge is 2.14. The van der Waals surface area contributed by atoms with Crippen molar-refractivity contribution in [1.82, 2.24) is 4.98 Å². The SMILES string of the molecule is COC(=O)c1ccnc(Sc2ccc(Br)cc2)c1N. The topological polar surface area (TPSA) is 65.2 Å². The zero-order chi connectivity index (χ0) is 13.8. The summed E-state index contributed by atoms with van der Waals surface area (Å²) in [6.07, 6.45) is 1.55. The summed E-state index contributed by atoms with van der Waals surface area (Å²) in [4.78, 5) is 16.7. The van der Waals surface area contributed by atoms with Crippen LogP contribution in [0.2, 0.25) is 0 Å². The molecule has 0 unspecified atom stereocenters. The molecule has 2 aromatic rings. The van der Waals surface area contributed by atoms with Gasteiger partial charge in [0.25, 0.3) is 0 Å². The quantitative estimate of drug-likeness (QED) is 0.869. The molecule has 0 spiro atoms. The lowest BCUT2D eigenvalue weighted by molar-refractivity contribution is 0.0601. The second kappa shape index (κ2) is 6.08. The molecule has 0 saturated carbocycles. The molecule has 0 aliphatic carbocycles. The normalized spacial score (nSPS) is 10.2. The largest absolute Gasteiger partial charge is 0.465 e. The van der Waals surface area contributed by atoms with Gasteiger partial charge in [0, 0.05) is 15.6 Å². The van der Waals surface area contributed by atoms with E-state index in [0.29, 0.717) is 16.3 Å². The van der Waals surface area contributed by atoms with Crippen LogP contribution in [0.1, 0.15) is 10.4 Å². The molecule has 0 radical (unpaired) electrons. The number of anilines is 1. The molecule has 1 aromatic carbocycles. The van der Waals surface area contributed by atoms with Crippen LogP contribution in [0.25, 0.3) is 0 Å². The highest BCUT2D eigenvalue weighted by atomic mass is 79.9. The third kappa shape index (κ3) is 3.27. The molecular formula is C13H11BrN2O2S. The zero-order valence-corrected chi connectivity index (χ0v) is 12.5. The number of hydrogen-bond acceptors (Lipinski definition) is 5. The van der Waals surface area contributed by atoms with E-state index in [1.54, 1.807) is 12.3 Å². The molecule has 6 heteroatoms. The van der Waals surface area contributed by atoms with Crippen LogP contribution in [-0.2, 0) is 4.74 Å². The van der Waals surface area contributed by atoms with Gasteiger partial charge in [-0.1, -0.05) is 27.7 Å². The predicted octanol–water partition coefficient (Wildman–Crippen LogP) is 3.36. The fourth-order valence-electron chi connectivity index (χ4n) is 1.44. The van der Waals surface area contributed by atoms with E-state index >= 15 is 0 Å². The molecule has 0 saturated heterocycles. The number of benzene rings is 1. The van der Waals surface area contributed by atoms with Crippen molar-refractivity contribution in [2.45, 2.75) is 9.92 Å². The number of halogens is 1. The number of nitrogens with zero attached hydrogens (tertiary/aromatic N) is 1. The molecule has 0 aliphatic heterocycles. The summed E-state index contributed by atoms with van der Waals surface area (Å²) >= 11 is 4.77. The summed E-state index contributed by atoms with van der Waals surface area (Å²) in [6, 6.07) is 9.31. The van der Waals surface area contributed by atoms with Gasteiger partial charge >= 0.3 is 5.97 Å². The van der Waals surface area contributed by atoms with Crippen LogP contribution in [0.4, 0.5) is 5.69 Å². The van der Waals surface area contributed by atoms with E-state index in [-0.39, 0.29) is 0 Å². The summed E-state index contributed by atoms with van der Waals surface area (Å²) in [7, 11) is 1.32. The van der Waals surface area contributed by atoms with E-state index in [0.717, 1.165) is 9.37 Å². The first-order chi connectivity index (χ1) is 9.11. The number of nitrogen functional groups attached to an aromatic ring is 1. The minimum atomic E-state index is -0.461. The minimum absolute atomic E-state index is 0.331. The number of carbonyl (C=O) groups excluding carboxylic acids is 1. The molecule has 98 valence electrons. The number of carbonyl (C=O) groups is 1. The fraction of sp³-hybridized carbons (Fsp3) is 0.0769. The lowest BCUT2D eigenvalue weighted by Gasteiger charge is -2.08. The lowest BCUT2D eigenvalue weighted by atomic mass is 10.2. The Morgan fingerprint density at radius 1 is 1.32 bits per heavy atom. The second-order valence-electron chi connectivity index (χ2n) is 3.62. The number of hydrogen-bond donors (Lipinski definition) is 1. The van der Waals surface area contributed by atoms with Crippen LogP contribution < -0.4 is 5.73 Å². The van der Waals surface area contributed by atoms with E-state index in [1.165, 1.54) is 18.9 Å². The average molecular weight is 339 g/mol. The van der Waals surface area contributed by atoms with Crippen LogP contribution in [0.3, 0.4) is 0 Å². The maximum absolute atomic E-state index is 11.5. The number of pyridine rings is 1. The van der Waals surface area contributed by atoms with Crippen molar-refractivity contribution in [1.29, 1.82) is 0 Å². The molecule has 2 N–H and O–H groups in total. The predicted molar refractivity (Wildman–Crippen MR) is 78.3 cm³/mol. The Balaban J connectivity index is 2.30. The Bertz CT molecular complexity index is 602. The van der Waals surface area contributed by atoms with Gasteiger partial charge < -0.3 is 10.5 Å². The molecule has 0 fully saturated rings. The Morgan fingerprint density at radius 2 is 2.00 bits per heavy atom. The van der Waals surface area contributed by atoms with Crippen LogP contribution in [0, 0.1) is 0 Å². The molecule has 2 rings (SSSR count). The van der Waals surface area contributed by atoms with E-state index < -0.39 is 5.97 Å². The highest BCUT2D eigenvalue weighted by molar-refractivity contribution is 9.10. The number of aromatic nitrogens is 1. The Kier molecular flexibility index (Phi) is 4.44. The maximum atomic E-state index is 11.5. The maximum Gasteiger partial charge on any atom is 0.340 e. The van der Waals surface area contributed by atoms with Crippen molar-refractivity contribution < 1.29 is 9.53 Å². The first-order valence-corrected chi connectivity index (χ1v) is 6.99. The molecule has 19 heavy (non-hydrogen) atoms. The molecule has 0 bridgehead atoms. The Morgan fingerprint density at radius 3 is 2.63 bits per heavy atom. The van der Waals surface area contributed by atoms with Crippen LogP contribution in [0.5, 0.6) is 0 Å². The first kappa shape index (κ1) is 13.9. The number of methoxy groups -OCH3 is 1. The van der Waals surface area contributed by atoms with Crippen molar-refractivity contribution >= 4 is 39.3 Å². The van der Waals surface area contributed by atoms with E-state index in [4.69, 9.17) is 5.73 Å². The van der Waals surface area contributed by atoms with E-state index in [9.17, 15) is 4.79 Å². The summed E-state index contributed by atoms with van der Waals surface area (Å²) in [5.74, 6) is -0.461. The van der Waals surface area contributed by atoms with E-state index in [2.05, 4.69) is 25.7 Å². The van der Waals surface area contributed by atoms with Gasteiger partial charge in [0.2, 0.25) is 0 Å². The minimum Gasteiger partial charge on any atom is -0.465 e. The molecular weight excluding hydrogens is 328 g/mol. The van der Waals surface area contributed by atoms with Crippen molar-refractivity contribution in [3.8, 4) is 0 Å². The summed E-state index contributed by atoms with van der Waals surface area (Å²) in [5.41, 5.74) is 6.61. The van der Waals surface area contributed by atoms with Crippen LogP contribution in [0.15, 0.2) is 50.9 Å². The van der Waals surface area contributed by atoms with Gasteiger partial charge in [-0.3, -0.25) is 0 Å². The van der Waals surface area contributed by atoms with Gasteiger partial charge in [0.05, 0.1) is 18.4 Å². The fourth-order valence-corrected chi connectivity index (χ4v) is 2.53. The van der Waals surface area contributed by atoms with Gasteiger partial charge in [-0.05, 0) is 30.3 Å². The number of nitrogens with two attached hydrogens (primary N) is 1. The third-order valence-corrected chi connectivity index (χ3v) is 3.94. The molecule has 1 aromatic heterocycles. The summed E-state index contributed by atoms with van der Waals surface area (Å²) in [6.45, 7) is 0. The lowest BCUT2D eigenvalue weighted by Crippen LogP contribution is -2.07. The first-order valence-electron chi connectivity index (χ1n) is 5.38. The van der Waals surface area contributed by atoms with Gasteiger partial charge in [0.1, 0.15) is 5.03 Å². The summed E-state index contributed by atoms with van der Waals surface area (Å²) < 4.78 is 5.68. The van der Waals surface area contributed by atoms with Gasteiger partial charge in [-0.2, -0.15) is 0 Å². The highest BCUT2D eigenvalue weighted by Crippen LogP contribution is 2.32. The van der Waals surface area contributed by atoms with Gasteiger partial charge in [-0.15, -0.1) is 0 Å². The summed E-state index contributed by atoms with van der Waals surface area (Å²) in [5, 5.41) is 0.588. The second-order valence-corrected chi connectivity index (χ2v) is 5.60. The molecule has 0 aliphatic rings. The standard InChI is InChI=1S/C13H11BrN2O2S/c1-18-13(17)10-6-7-16-12(11(10)15)19-9-4-2-8(14)3-5-9/h2-7H,15H2,1H3. The van der Waals surface area contributed by atoms with E-state index in [1.807, 2.05) is 24.3 Å². The Labute approximate surface area is 123 Å². The number of rotatable bonds is 3. The van der Waals surface area contributed by atoms with Gasteiger partial charge in [0.15, 0.2) is 0 Å². The Hall–Kier alpha value is -1.53. The van der Waals surface area contributed by atoms with Crippen LogP contribution in [-0.4, -0.2) is 18.1 Å². The molecule has 0 atom stereocenters. The van der Waals surface area contributed by atoms with Crippen molar-refractivity contribution in [2.24, 2.45) is 0 Å². The third-order valence-electron chi connectivity index (χ3n) is 2.39. The average Bonchev–Trinajstić information content (AvgIpc) is 2.43. The smallest absolute Gasteiger partial charge is 0.340 e. The van der Waals surface area contributed by atoms with Crippen molar-refractivity contribution in [2.75, 3.05) is 12.8 Å². The zero-order valence-electron chi connectivity index (χ0n) is 10.1. The molecule has 4 nitrogen and oxygen atoms in total. The molecule has 0 amide bonds. The van der Waals surface area contributed by atoms with Gasteiger partial charge in [-0.25, -0.2) is 9.78 Å². The number of ether oxygens (including phenoxy) is 1. The molecule has 1 heterocycles. The van der Waals surface area contributed by atoms with Crippen molar-refractivity contribution in [3.63, 3.8) is 0 Å². The van der Waals surface area contributed by atoms with Crippen LogP contribution >= 0.6 is 27.7 Å². The number of esters is 1. The monoisotopic (exact) mass is 338 g/mol.